The summed E-state index contributed by atoms with van der Waals surface area (Å²) >= 11 is 0. The molecule has 7 nitrogen and oxygen atoms in total. The monoisotopic (exact) mass is 388 g/mol. The molecule has 1 aliphatic carbocycles. The number of H-pyrrole nitrogens is 1. The average molecular weight is 388 g/mol. The van der Waals surface area contributed by atoms with E-state index in [0.717, 1.165) is 48.5 Å². The summed E-state index contributed by atoms with van der Waals surface area (Å²) in [6.07, 6.45) is 14.5. The number of nitrogens with zero attached hydrogens (tertiary/aromatic N) is 5. The molecule has 2 atom stereocenters. The molecule has 0 bridgehead atoms. The lowest BCUT2D eigenvalue weighted by molar-refractivity contribution is 0.0985. The Bertz CT molecular complexity index is 1090. The van der Waals surface area contributed by atoms with Gasteiger partial charge in [0.1, 0.15) is 5.82 Å². The molecule has 0 aromatic carbocycles. The van der Waals surface area contributed by atoms with Crippen molar-refractivity contribution in [2.24, 2.45) is 5.92 Å². The Hall–Kier alpha value is -3.11. The van der Waals surface area contributed by atoms with E-state index in [1.165, 1.54) is 11.1 Å². The fourth-order valence-corrected chi connectivity index (χ4v) is 4.24. The van der Waals surface area contributed by atoms with Crippen molar-refractivity contribution in [2.45, 2.75) is 32.2 Å². The molecular weight excluding hydrogens is 364 g/mol. The van der Waals surface area contributed by atoms with E-state index in [2.05, 4.69) is 45.2 Å². The number of pyridine rings is 1. The highest BCUT2D eigenvalue weighted by Crippen LogP contribution is 2.36. The van der Waals surface area contributed by atoms with E-state index in [1.807, 2.05) is 12.3 Å². The minimum absolute atomic E-state index is 0.273. The first-order valence-corrected chi connectivity index (χ1v) is 10.1. The number of aromatic nitrogens is 5. The number of anilines is 1. The minimum atomic E-state index is 0.273. The van der Waals surface area contributed by atoms with Crippen molar-refractivity contribution in [1.29, 1.82) is 0 Å². The minimum Gasteiger partial charge on any atom is -0.377 e. The molecule has 29 heavy (non-hydrogen) atoms. The maximum atomic E-state index is 5.64. The average Bonchev–Trinajstić information content (AvgIpc) is 3.43. The lowest BCUT2D eigenvalue weighted by atomic mass is 9.86. The van der Waals surface area contributed by atoms with Crippen LogP contribution in [-0.2, 0) is 4.74 Å². The number of hydrogen-bond acceptors (Lipinski definition) is 5. The summed E-state index contributed by atoms with van der Waals surface area (Å²) in [6, 6.07) is 4.38. The zero-order valence-electron chi connectivity index (χ0n) is 16.5. The number of hydrogen-bond donors (Lipinski definition) is 1. The number of aromatic amines is 1. The third-order valence-corrected chi connectivity index (χ3v) is 5.89. The van der Waals surface area contributed by atoms with Crippen LogP contribution in [0.3, 0.4) is 0 Å². The van der Waals surface area contributed by atoms with Gasteiger partial charge in [-0.05, 0) is 43.4 Å². The molecular formula is C22H24N6O. The van der Waals surface area contributed by atoms with Gasteiger partial charge in [-0.2, -0.15) is 14.9 Å². The number of morpholine rings is 1. The van der Waals surface area contributed by atoms with Crippen molar-refractivity contribution in [1.82, 2.24) is 25.0 Å². The molecule has 0 spiro atoms. The van der Waals surface area contributed by atoms with Gasteiger partial charge in [-0.25, -0.2) is 4.98 Å². The van der Waals surface area contributed by atoms with Gasteiger partial charge in [0.15, 0.2) is 11.5 Å². The first kappa shape index (κ1) is 18.0. The summed E-state index contributed by atoms with van der Waals surface area (Å²) in [7, 11) is 0. The van der Waals surface area contributed by atoms with E-state index < -0.39 is 0 Å². The van der Waals surface area contributed by atoms with Crippen LogP contribution in [0.2, 0.25) is 0 Å². The topological polar surface area (TPSA) is 71.9 Å². The first-order chi connectivity index (χ1) is 14.2. The van der Waals surface area contributed by atoms with Crippen LogP contribution in [0.4, 0.5) is 5.82 Å². The Morgan fingerprint density at radius 2 is 2.28 bits per heavy atom. The lowest BCUT2D eigenvalue weighted by Gasteiger charge is -2.34. The highest BCUT2D eigenvalue weighted by molar-refractivity contribution is 5.92. The fourth-order valence-electron chi connectivity index (χ4n) is 4.24. The van der Waals surface area contributed by atoms with Gasteiger partial charge < -0.3 is 9.64 Å². The van der Waals surface area contributed by atoms with Gasteiger partial charge in [0, 0.05) is 30.1 Å². The molecule has 3 aromatic heterocycles. The van der Waals surface area contributed by atoms with E-state index >= 15 is 0 Å². The van der Waals surface area contributed by atoms with Gasteiger partial charge in [-0.1, -0.05) is 6.08 Å². The van der Waals surface area contributed by atoms with E-state index in [0.29, 0.717) is 19.1 Å². The van der Waals surface area contributed by atoms with Crippen molar-refractivity contribution in [3.63, 3.8) is 0 Å². The standard InChI is InChI=1S/C22H24N6O/c1-3-16-4-6-17(7-5-16)18-12-21(27-10-11-29-14-15(27)2)25-22-19(18)13-24-28(22)20-8-9-23-26-20/h1,6,8-9,12-13,15-16H,4-5,7,10-11,14H2,2H3,(H,23,26)/t15-,16?/m1/s1. The first-order valence-electron chi connectivity index (χ1n) is 10.1. The Morgan fingerprint density at radius 1 is 1.34 bits per heavy atom. The van der Waals surface area contributed by atoms with Crippen LogP contribution >= 0.6 is 0 Å². The maximum Gasteiger partial charge on any atom is 0.177 e. The van der Waals surface area contributed by atoms with Gasteiger partial charge in [-0.3, -0.25) is 5.10 Å². The fraction of sp³-hybridized carbons (Fsp3) is 0.409. The molecule has 1 unspecified atom stereocenters. The zero-order valence-corrected chi connectivity index (χ0v) is 16.5. The summed E-state index contributed by atoms with van der Waals surface area (Å²) in [5.41, 5.74) is 3.34. The molecule has 1 N–H and O–H groups in total. The number of allylic oxidation sites excluding steroid dienone is 2. The molecule has 0 amide bonds. The Labute approximate surface area is 169 Å². The molecule has 4 heterocycles. The van der Waals surface area contributed by atoms with Crippen molar-refractivity contribution < 1.29 is 4.74 Å². The van der Waals surface area contributed by atoms with Gasteiger partial charge in [-0.15, -0.1) is 12.3 Å². The van der Waals surface area contributed by atoms with Crippen LogP contribution in [0.1, 0.15) is 31.7 Å². The van der Waals surface area contributed by atoms with Crippen LogP contribution in [0.25, 0.3) is 22.4 Å². The zero-order chi connectivity index (χ0) is 19.8. The number of ether oxygens (including phenoxy) is 1. The van der Waals surface area contributed by atoms with Crippen LogP contribution in [0.15, 0.2) is 30.6 Å². The lowest BCUT2D eigenvalue weighted by Crippen LogP contribution is -2.44. The molecule has 0 radical (unpaired) electrons. The van der Waals surface area contributed by atoms with E-state index in [4.69, 9.17) is 16.1 Å². The third kappa shape index (κ3) is 3.19. The maximum absolute atomic E-state index is 5.64. The number of nitrogens with one attached hydrogen (secondary N) is 1. The third-order valence-electron chi connectivity index (χ3n) is 5.89. The molecule has 7 heteroatoms. The van der Waals surface area contributed by atoms with Gasteiger partial charge in [0.2, 0.25) is 0 Å². The predicted octanol–water partition coefficient (Wildman–Crippen LogP) is 3.19. The second-order valence-electron chi connectivity index (χ2n) is 7.74. The number of fused-ring (bicyclic) bond motifs is 1. The SMILES string of the molecule is C#CC1CC=C(c2cc(N3CCOC[C@H]3C)nc3c2cnn3-c2cc[nH]n2)CC1. The number of rotatable bonds is 3. The van der Waals surface area contributed by atoms with Crippen molar-refractivity contribution in [3.8, 4) is 18.2 Å². The Morgan fingerprint density at radius 3 is 3.00 bits per heavy atom. The smallest absolute Gasteiger partial charge is 0.177 e. The summed E-state index contributed by atoms with van der Waals surface area (Å²) < 4.78 is 7.43. The summed E-state index contributed by atoms with van der Waals surface area (Å²) in [4.78, 5) is 7.33. The van der Waals surface area contributed by atoms with Crippen LogP contribution in [0.5, 0.6) is 0 Å². The highest BCUT2D eigenvalue weighted by Gasteiger charge is 2.24. The quantitative estimate of drug-likeness (QED) is 0.698. The van der Waals surface area contributed by atoms with Crippen molar-refractivity contribution in [2.75, 3.05) is 24.7 Å². The second-order valence-corrected chi connectivity index (χ2v) is 7.74. The van der Waals surface area contributed by atoms with E-state index in [1.54, 1.807) is 10.9 Å². The van der Waals surface area contributed by atoms with Gasteiger partial charge >= 0.3 is 0 Å². The molecule has 1 fully saturated rings. The number of terminal acetylenes is 1. The van der Waals surface area contributed by atoms with Crippen molar-refractivity contribution >= 4 is 22.4 Å². The Kier molecular flexibility index (Phi) is 4.57. The Balaban J connectivity index is 1.67. The van der Waals surface area contributed by atoms with Gasteiger partial charge in [0.25, 0.3) is 0 Å². The molecule has 3 aromatic rings. The normalized spacial score (nSPS) is 22.5. The van der Waals surface area contributed by atoms with Gasteiger partial charge in [0.05, 0.1) is 25.5 Å². The summed E-state index contributed by atoms with van der Waals surface area (Å²) in [6.45, 7) is 4.42. The van der Waals surface area contributed by atoms with Crippen LogP contribution in [0, 0.1) is 18.3 Å². The van der Waals surface area contributed by atoms with Crippen LogP contribution in [-0.4, -0.2) is 50.8 Å². The summed E-state index contributed by atoms with van der Waals surface area (Å²) in [5.74, 6) is 4.92. The summed E-state index contributed by atoms with van der Waals surface area (Å²) in [5, 5.41) is 12.8. The molecule has 2 aliphatic rings. The molecule has 0 saturated carbocycles. The van der Waals surface area contributed by atoms with E-state index in [-0.39, 0.29) is 6.04 Å². The second kappa shape index (κ2) is 7.37. The molecule has 5 rings (SSSR count). The largest absolute Gasteiger partial charge is 0.377 e. The molecule has 1 aliphatic heterocycles. The van der Waals surface area contributed by atoms with E-state index in [9.17, 15) is 0 Å². The molecule has 1 saturated heterocycles. The van der Waals surface area contributed by atoms with Crippen molar-refractivity contribution in [3.05, 3.63) is 36.2 Å². The van der Waals surface area contributed by atoms with Crippen LogP contribution < -0.4 is 4.90 Å². The highest BCUT2D eigenvalue weighted by atomic mass is 16.5. The molecule has 148 valence electrons. The predicted molar refractivity (Wildman–Crippen MR) is 113 cm³/mol.